The van der Waals surface area contributed by atoms with Crippen LogP contribution in [0.1, 0.15) is 28.5 Å². The number of carbonyl (C=O) groups excluding carboxylic acids is 2. The van der Waals surface area contributed by atoms with Gasteiger partial charge in [-0.25, -0.2) is 4.98 Å². The van der Waals surface area contributed by atoms with Crippen LogP contribution in [0.3, 0.4) is 0 Å². The molecule has 2 heterocycles. The molecule has 1 unspecified atom stereocenters. The third kappa shape index (κ3) is 4.90. The van der Waals surface area contributed by atoms with Crippen molar-refractivity contribution >= 4 is 11.8 Å². The first-order valence-corrected chi connectivity index (χ1v) is 11.3. The Hall–Kier alpha value is -3.67. The monoisotopic (exact) mass is 443 g/mol. The number of amides is 2. The molecule has 2 aromatic carbocycles. The smallest absolute Gasteiger partial charge is 0.276 e. The summed E-state index contributed by atoms with van der Waals surface area (Å²) in [5, 5.41) is 10.1. The fourth-order valence-corrected chi connectivity index (χ4v) is 4.39. The lowest BCUT2D eigenvalue weighted by atomic mass is 9.91. The predicted molar refractivity (Wildman–Crippen MR) is 128 cm³/mol. The molecule has 6 nitrogen and oxygen atoms in total. The first-order valence-electron chi connectivity index (χ1n) is 11.3. The maximum atomic E-state index is 13.4. The lowest BCUT2D eigenvalue weighted by Gasteiger charge is -2.24. The molecule has 4 rings (SSSR count). The standard InChI is InChI=1S/C27H29N3O3/c1-3-29-15-16-30(27(33)25-24(31)9-6-14-28-25)18-22(26(29)32)17-21-7-4-5-8-23(21)20-12-10-19(2)11-13-20/h4-14,22,31H,3,15-18H2,1-2H3. The summed E-state index contributed by atoms with van der Waals surface area (Å²) >= 11 is 0. The number of rotatable bonds is 5. The van der Waals surface area contributed by atoms with Gasteiger partial charge in [0.1, 0.15) is 5.75 Å². The Morgan fingerprint density at radius 2 is 1.82 bits per heavy atom. The van der Waals surface area contributed by atoms with Gasteiger partial charge in [-0.05, 0) is 49.1 Å². The third-order valence-electron chi connectivity index (χ3n) is 6.25. The zero-order chi connectivity index (χ0) is 23.4. The molecule has 0 aliphatic carbocycles. The number of nitrogens with zero attached hydrogens (tertiary/aromatic N) is 3. The van der Waals surface area contributed by atoms with Crippen LogP contribution in [0.2, 0.25) is 0 Å². The second-order valence-corrected chi connectivity index (χ2v) is 8.46. The van der Waals surface area contributed by atoms with Crippen LogP contribution in [-0.2, 0) is 11.2 Å². The van der Waals surface area contributed by atoms with Crippen molar-refractivity contribution in [3.05, 3.63) is 83.7 Å². The number of hydrogen-bond donors (Lipinski definition) is 1. The van der Waals surface area contributed by atoms with Gasteiger partial charge in [-0.15, -0.1) is 0 Å². The van der Waals surface area contributed by atoms with Gasteiger partial charge in [-0.2, -0.15) is 0 Å². The van der Waals surface area contributed by atoms with Crippen LogP contribution in [0.25, 0.3) is 11.1 Å². The number of aryl methyl sites for hydroxylation is 1. The number of carbonyl (C=O) groups is 2. The van der Waals surface area contributed by atoms with Gasteiger partial charge in [0.25, 0.3) is 5.91 Å². The molecule has 33 heavy (non-hydrogen) atoms. The first kappa shape index (κ1) is 22.5. The second kappa shape index (κ2) is 9.86. The van der Waals surface area contributed by atoms with E-state index in [0.29, 0.717) is 26.1 Å². The molecule has 0 bridgehead atoms. The van der Waals surface area contributed by atoms with Crippen LogP contribution in [0, 0.1) is 12.8 Å². The molecule has 6 heteroatoms. The van der Waals surface area contributed by atoms with Crippen molar-refractivity contribution in [1.29, 1.82) is 0 Å². The van der Waals surface area contributed by atoms with E-state index in [0.717, 1.165) is 16.7 Å². The predicted octanol–water partition coefficient (Wildman–Crippen LogP) is 3.93. The zero-order valence-electron chi connectivity index (χ0n) is 19.1. The Bertz CT molecular complexity index is 1140. The van der Waals surface area contributed by atoms with E-state index < -0.39 is 0 Å². The van der Waals surface area contributed by atoms with Gasteiger partial charge in [0.05, 0.1) is 5.92 Å². The summed E-state index contributed by atoms with van der Waals surface area (Å²) in [6, 6.07) is 19.5. The summed E-state index contributed by atoms with van der Waals surface area (Å²) in [6.07, 6.45) is 2.01. The third-order valence-corrected chi connectivity index (χ3v) is 6.25. The molecule has 1 fully saturated rings. The van der Waals surface area contributed by atoms with Crippen LogP contribution >= 0.6 is 0 Å². The quantitative estimate of drug-likeness (QED) is 0.649. The molecule has 1 aromatic heterocycles. The molecule has 1 saturated heterocycles. The van der Waals surface area contributed by atoms with Crippen LogP contribution in [0.15, 0.2) is 66.9 Å². The summed E-state index contributed by atoms with van der Waals surface area (Å²) in [4.78, 5) is 34.1. The summed E-state index contributed by atoms with van der Waals surface area (Å²) in [6.45, 7) is 5.76. The minimum Gasteiger partial charge on any atom is -0.505 e. The van der Waals surface area contributed by atoms with Gasteiger partial charge in [0.2, 0.25) is 5.91 Å². The number of aromatic nitrogens is 1. The van der Waals surface area contributed by atoms with Crippen LogP contribution in [-0.4, -0.2) is 57.9 Å². The summed E-state index contributed by atoms with van der Waals surface area (Å²) in [5.41, 5.74) is 4.49. The normalized spacial score (nSPS) is 16.5. The minimum absolute atomic E-state index is 0.0219. The van der Waals surface area contributed by atoms with Crippen molar-refractivity contribution in [1.82, 2.24) is 14.8 Å². The van der Waals surface area contributed by atoms with E-state index in [4.69, 9.17) is 0 Å². The maximum Gasteiger partial charge on any atom is 0.276 e. The lowest BCUT2D eigenvalue weighted by Crippen LogP contribution is -2.38. The lowest BCUT2D eigenvalue weighted by molar-refractivity contribution is -0.134. The molecule has 1 atom stereocenters. The van der Waals surface area contributed by atoms with Crippen molar-refractivity contribution < 1.29 is 14.7 Å². The summed E-state index contributed by atoms with van der Waals surface area (Å²) < 4.78 is 0. The molecule has 1 N–H and O–H groups in total. The topological polar surface area (TPSA) is 73.7 Å². The highest BCUT2D eigenvalue weighted by atomic mass is 16.3. The fraction of sp³-hybridized carbons (Fsp3) is 0.296. The Morgan fingerprint density at radius 1 is 1.06 bits per heavy atom. The average molecular weight is 444 g/mol. The van der Waals surface area contributed by atoms with E-state index >= 15 is 0 Å². The highest BCUT2D eigenvalue weighted by Crippen LogP contribution is 2.28. The summed E-state index contributed by atoms with van der Waals surface area (Å²) in [5.74, 6) is -0.826. The second-order valence-electron chi connectivity index (χ2n) is 8.46. The van der Waals surface area contributed by atoms with E-state index in [1.807, 2.05) is 24.0 Å². The zero-order valence-corrected chi connectivity index (χ0v) is 19.1. The maximum absolute atomic E-state index is 13.4. The minimum atomic E-state index is -0.381. The van der Waals surface area contributed by atoms with Crippen molar-refractivity contribution in [3.63, 3.8) is 0 Å². The molecule has 3 aromatic rings. The van der Waals surface area contributed by atoms with Crippen LogP contribution in [0.5, 0.6) is 5.75 Å². The Labute approximate surface area is 194 Å². The molecule has 0 spiro atoms. The van der Waals surface area contributed by atoms with Crippen molar-refractivity contribution in [2.45, 2.75) is 20.3 Å². The summed E-state index contributed by atoms with van der Waals surface area (Å²) in [7, 11) is 0. The SMILES string of the molecule is CCN1CCN(C(=O)c2ncccc2O)CC(Cc2ccccc2-c2ccc(C)cc2)C1=O. The van der Waals surface area contributed by atoms with Crippen LogP contribution in [0.4, 0.5) is 0 Å². The van der Waals surface area contributed by atoms with Crippen LogP contribution < -0.4 is 0 Å². The van der Waals surface area contributed by atoms with Crippen molar-refractivity contribution in [2.24, 2.45) is 5.92 Å². The van der Waals surface area contributed by atoms with Gasteiger partial charge in [-0.1, -0.05) is 54.1 Å². The van der Waals surface area contributed by atoms with Crippen molar-refractivity contribution in [2.75, 3.05) is 26.2 Å². The van der Waals surface area contributed by atoms with E-state index in [2.05, 4.69) is 48.3 Å². The molecule has 170 valence electrons. The number of benzene rings is 2. The average Bonchev–Trinajstić information content (AvgIpc) is 2.98. The highest BCUT2D eigenvalue weighted by Gasteiger charge is 2.33. The number of hydrogen-bond acceptors (Lipinski definition) is 4. The van der Waals surface area contributed by atoms with Gasteiger partial charge >= 0.3 is 0 Å². The number of pyridine rings is 1. The van der Waals surface area contributed by atoms with Gasteiger partial charge < -0.3 is 14.9 Å². The molecule has 0 radical (unpaired) electrons. The molecule has 1 aliphatic heterocycles. The molecule has 0 saturated carbocycles. The van der Waals surface area contributed by atoms with Gasteiger partial charge in [0, 0.05) is 32.4 Å². The highest BCUT2D eigenvalue weighted by molar-refractivity contribution is 5.95. The number of aromatic hydroxyl groups is 1. The van der Waals surface area contributed by atoms with E-state index in [9.17, 15) is 14.7 Å². The Kier molecular flexibility index (Phi) is 6.73. The Balaban J connectivity index is 1.64. The van der Waals surface area contributed by atoms with Gasteiger partial charge in [0.15, 0.2) is 5.69 Å². The molecular formula is C27H29N3O3. The molecule has 2 amide bonds. The van der Waals surface area contributed by atoms with E-state index in [1.54, 1.807) is 11.0 Å². The largest absolute Gasteiger partial charge is 0.505 e. The molecular weight excluding hydrogens is 414 g/mol. The van der Waals surface area contributed by atoms with E-state index in [1.165, 1.54) is 17.8 Å². The van der Waals surface area contributed by atoms with Crippen molar-refractivity contribution in [3.8, 4) is 16.9 Å². The van der Waals surface area contributed by atoms with Gasteiger partial charge in [-0.3, -0.25) is 9.59 Å². The number of likely N-dealkylation sites (N-methyl/N-ethyl adjacent to an activating group) is 1. The Morgan fingerprint density at radius 3 is 2.55 bits per heavy atom. The first-order chi connectivity index (χ1) is 16.0. The molecule has 1 aliphatic rings. The fourth-order valence-electron chi connectivity index (χ4n) is 4.39. The van der Waals surface area contributed by atoms with E-state index in [-0.39, 0.29) is 35.7 Å².